The first-order valence-electron chi connectivity index (χ1n) is 6.25. The van der Waals surface area contributed by atoms with Gasteiger partial charge in [-0.25, -0.2) is 4.98 Å². The molecule has 1 N–H and O–H groups in total. The zero-order valence-electron chi connectivity index (χ0n) is 11.4. The van der Waals surface area contributed by atoms with E-state index in [1.807, 2.05) is 5.38 Å². The predicted octanol–water partition coefficient (Wildman–Crippen LogP) is 4.10. The molecule has 0 aliphatic rings. The fraction of sp³-hybridized carbons (Fsp3) is 0.0714. The molecule has 1 aromatic carbocycles. The lowest BCUT2D eigenvalue weighted by atomic mass is 10.2. The largest absolute Gasteiger partial charge is 0.296 e. The van der Waals surface area contributed by atoms with Crippen LogP contribution in [0.5, 0.6) is 0 Å². The Morgan fingerprint density at radius 3 is 2.86 bits per heavy atom. The number of nitrogens with one attached hydrogen (secondary N) is 1. The third-order valence-corrected chi connectivity index (χ3v) is 4.20. The van der Waals surface area contributed by atoms with Crippen LogP contribution < -0.4 is 5.32 Å². The average molecular weight is 353 g/mol. The lowest BCUT2D eigenvalue weighted by Crippen LogP contribution is -2.12. The van der Waals surface area contributed by atoms with Crippen molar-refractivity contribution < 1.29 is 4.79 Å². The van der Waals surface area contributed by atoms with Gasteiger partial charge in [-0.15, -0.1) is 11.3 Å². The van der Waals surface area contributed by atoms with Gasteiger partial charge in [-0.2, -0.15) is 5.10 Å². The highest BCUT2D eigenvalue weighted by Gasteiger charge is 2.13. The summed E-state index contributed by atoms with van der Waals surface area (Å²) in [6, 6.07) is 6.80. The summed E-state index contributed by atoms with van der Waals surface area (Å²) in [6.07, 6.45) is 1.70. The van der Waals surface area contributed by atoms with Gasteiger partial charge in [-0.1, -0.05) is 23.2 Å². The Morgan fingerprint density at radius 1 is 1.32 bits per heavy atom. The van der Waals surface area contributed by atoms with Gasteiger partial charge in [0.25, 0.3) is 5.91 Å². The minimum Gasteiger partial charge on any atom is -0.296 e. The lowest BCUT2D eigenvalue weighted by Gasteiger charge is -2.01. The van der Waals surface area contributed by atoms with Crippen LogP contribution in [0.2, 0.25) is 10.0 Å². The molecule has 3 aromatic rings. The summed E-state index contributed by atoms with van der Waals surface area (Å²) in [7, 11) is 1.75. The third-order valence-electron chi connectivity index (χ3n) is 2.88. The number of nitrogens with zero attached hydrogens (tertiary/aromatic N) is 3. The fourth-order valence-electron chi connectivity index (χ4n) is 1.85. The number of amides is 1. The topological polar surface area (TPSA) is 59.8 Å². The van der Waals surface area contributed by atoms with E-state index in [1.54, 1.807) is 42.2 Å². The van der Waals surface area contributed by atoms with Gasteiger partial charge in [0.1, 0.15) is 0 Å². The molecule has 2 heterocycles. The zero-order chi connectivity index (χ0) is 15.7. The first-order chi connectivity index (χ1) is 10.5. The van der Waals surface area contributed by atoms with Gasteiger partial charge < -0.3 is 0 Å². The molecule has 1 amide bonds. The Balaban J connectivity index is 1.82. The summed E-state index contributed by atoms with van der Waals surface area (Å²) in [4.78, 5) is 16.4. The first kappa shape index (κ1) is 15.0. The summed E-state index contributed by atoms with van der Waals surface area (Å²) in [5.74, 6) is -0.307. The smallest absolute Gasteiger partial charge is 0.277 e. The highest BCUT2D eigenvalue weighted by molar-refractivity contribution is 7.14. The molecule has 0 atom stereocenters. The van der Waals surface area contributed by atoms with Crippen LogP contribution >= 0.6 is 34.5 Å². The van der Waals surface area contributed by atoms with Gasteiger partial charge in [0, 0.05) is 29.2 Å². The highest BCUT2D eigenvalue weighted by atomic mass is 35.5. The van der Waals surface area contributed by atoms with Gasteiger partial charge in [0.2, 0.25) is 0 Å². The molecule has 3 rings (SSSR count). The van der Waals surface area contributed by atoms with Crippen LogP contribution in [0.15, 0.2) is 35.8 Å². The Labute approximate surface area is 140 Å². The van der Waals surface area contributed by atoms with Gasteiger partial charge in [-0.05, 0) is 24.3 Å². The van der Waals surface area contributed by atoms with Crippen molar-refractivity contribution in [3.8, 4) is 11.3 Å². The Morgan fingerprint density at radius 2 is 2.14 bits per heavy atom. The molecule has 0 aliphatic carbocycles. The molecule has 0 saturated heterocycles. The molecule has 0 unspecified atom stereocenters. The molecule has 0 saturated carbocycles. The Kier molecular flexibility index (Phi) is 4.15. The molecule has 0 spiro atoms. The maximum Gasteiger partial charge on any atom is 0.277 e. The number of anilines is 1. The first-order valence-corrected chi connectivity index (χ1v) is 7.88. The predicted molar refractivity (Wildman–Crippen MR) is 88.7 cm³/mol. The Bertz CT molecular complexity index is 843. The minimum atomic E-state index is -0.307. The van der Waals surface area contributed by atoms with Crippen molar-refractivity contribution in [2.45, 2.75) is 0 Å². The van der Waals surface area contributed by atoms with Crippen molar-refractivity contribution in [3.05, 3.63) is 51.6 Å². The Hall–Kier alpha value is -1.89. The van der Waals surface area contributed by atoms with Gasteiger partial charge >= 0.3 is 0 Å². The van der Waals surface area contributed by atoms with E-state index < -0.39 is 0 Å². The number of thiazole rings is 1. The normalized spacial score (nSPS) is 10.7. The summed E-state index contributed by atoms with van der Waals surface area (Å²) in [5, 5.41) is 10.2. The monoisotopic (exact) mass is 352 g/mol. The van der Waals surface area contributed by atoms with Crippen molar-refractivity contribution in [2.24, 2.45) is 7.05 Å². The van der Waals surface area contributed by atoms with Gasteiger partial charge in [0.05, 0.1) is 10.7 Å². The fourth-order valence-corrected chi connectivity index (χ4v) is 2.94. The van der Waals surface area contributed by atoms with Crippen LogP contribution in [0.3, 0.4) is 0 Å². The van der Waals surface area contributed by atoms with E-state index in [-0.39, 0.29) is 5.91 Å². The second-order valence-electron chi connectivity index (χ2n) is 4.49. The second kappa shape index (κ2) is 6.08. The highest BCUT2D eigenvalue weighted by Crippen LogP contribution is 2.32. The standard InChI is InChI=1S/C14H10Cl2N4OS/c1-20-5-4-11(19-20)13(21)18-14-17-12(7-22-14)9-6-8(15)2-3-10(9)16/h2-7H,1H3,(H,17,18,21). The van der Waals surface area contributed by atoms with Gasteiger partial charge in [0.15, 0.2) is 10.8 Å². The van der Waals surface area contributed by atoms with E-state index in [9.17, 15) is 4.79 Å². The quantitative estimate of drug-likeness (QED) is 0.771. The summed E-state index contributed by atoms with van der Waals surface area (Å²) in [6.45, 7) is 0. The number of halogens is 2. The summed E-state index contributed by atoms with van der Waals surface area (Å²) >= 11 is 13.4. The van der Waals surface area contributed by atoms with E-state index in [0.717, 1.165) is 5.56 Å². The molecule has 112 valence electrons. The lowest BCUT2D eigenvalue weighted by molar-refractivity contribution is 0.102. The average Bonchev–Trinajstić information content (AvgIpc) is 3.11. The van der Waals surface area contributed by atoms with E-state index in [4.69, 9.17) is 23.2 Å². The number of aromatic nitrogens is 3. The van der Waals surface area contributed by atoms with E-state index in [1.165, 1.54) is 11.3 Å². The SMILES string of the molecule is Cn1ccc(C(=O)Nc2nc(-c3cc(Cl)ccc3Cl)cs2)n1. The molecule has 0 fully saturated rings. The van der Waals surface area contributed by atoms with Crippen molar-refractivity contribution >= 4 is 45.6 Å². The van der Waals surface area contributed by atoms with E-state index in [0.29, 0.717) is 26.6 Å². The van der Waals surface area contributed by atoms with E-state index in [2.05, 4.69) is 15.4 Å². The number of benzene rings is 1. The third kappa shape index (κ3) is 3.14. The molecule has 8 heteroatoms. The number of carbonyl (C=O) groups is 1. The molecule has 0 bridgehead atoms. The molecule has 0 aliphatic heterocycles. The van der Waals surface area contributed by atoms with Crippen LogP contribution in [0.25, 0.3) is 11.3 Å². The molecule has 5 nitrogen and oxygen atoms in total. The number of hydrogen-bond acceptors (Lipinski definition) is 4. The zero-order valence-corrected chi connectivity index (χ0v) is 13.7. The maximum absolute atomic E-state index is 12.0. The minimum absolute atomic E-state index is 0.307. The maximum atomic E-state index is 12.0. The van der Waals surface area contributed by atoms with Gasteiger partial charge in [-0.3, -0.25) is 14.8 Å². The number of aryl methyl sites for hydroxylation is 1. The second-order valence-corrected chi connectivity index (χ2v) is 6.19. The molecular weight excluding hydrogens is 343 g/mol. The van der Waals surface area contributed by atoms with Crippen molar-refractivity contribution in [1.29, 1.82) is 0 Å². The van der Waals surface area contributed by atoms with Crippen LogP contribution in [-0.4, -0.2) is 20.7 Å². The molecular formula is C14H10Cl2N4OS. The number of rotatable bonds is 3. The molecule has 2 aromatic heterocycles. The molecule has 22 heavy (non-hydrogen) atoms. The van der Waals surface area contributed by atoms with Crippen molar-refractivity contribution in [1.82, 2.24) is 14.8 Å². The summed E-state index contributed by atoms with van der Waals surface area (Å²) < 4.78 is 1.56. The van der Waals surface area contributed by atoms with Crippen LogP contribution in [0, 0.1) is 0 Å². The van der Waals surface area contributed by atoms with E-state index >= 15 is 0 Å². The van der Waals surface area contributed by atoms with Crippen LogP contribution in [0.1, 0.15) is 10.5 Å². The number of hydrogen-bond donors (Lipinski definition) is 1. The van der Waals surface area contributed by atoms with Crippen molar-refractivity contribution in [3.63, 3.8) is 0 Å². The van der Waals surface area contributed by atoms with Crippen molar-refractivity contribution in [2.75, 3.05) is 5.32 Å². The summed E-state index contributed by atoms with van der Waals surface area (Å²) in [5.41, 5.74) is 1.72. The molecule has 0 radical (unpaired) electrons. The van der Waals surface area contributed by atoms with Crippen LogP contribution in [-0.2, 0) is 7.05 Å². The number of carbonyl (C=O) groups excluding carboxylic acids is 1. The van der Waals surface area contributed by atoms with Crippen LogP contribution in [0.4, 0.5) is 5.13 Å².